The molecule has 110 valence electrons. The monoisotopic (exact) mass is 270 g/mol. The van der Waals surface area contributed by atoms with Crippen molar-refractivity contribution in [1.29, 1.82) is 0 Å². The molecule has 3 nitrogen and oxygen atoms in total. The van der Waals surface area contributed by atoms with Gasteiger partial charge >= 0.3 is 6.18 Å². The van der Waals surface area contributed by atoms with Gasteiger partial charge in [0.2, 0.25) is 0 Å². The molecular formula is C12H25F3N2O. The number of nitrogens with zero attached hydrogens (tertiary/aromatic N) is 1. The van der Waals surface area contributed by atoms with Crippen LogP contribution in [0.1, 0.15) is 34.1 Å². The third-order valence-corrected chi connectivity index (χ3v) is 2.40. The van der Waals surface area contributed by atoms with Crippen LogP contribution in [0.2, 0.25) is 0 Å². The van der Waals surface area contributed by atoms with Crippen LogP contribution in [0.15, 0.2) is 0 Å². The van der Waals surface area contributed by atoms with E-state index in [0.29, 0.717) is 13.0 Å². The molecule has 1 unspecified atom stereocenters. The Morgan fingerprint density at radius 3 is 2.17 bits per heavy atom. The van der Waals surface area contributed by atoms with Crippen molar-refractivity contribution < 1.29 is 18.3 Å². The third kappa shape index (κ3) is 9.67. The number of halogens is 3. The molecule has 0 aliphatic heterocycles. The summed E-state index contributed by atoms with van der Waals surface area (Å²) in [5, 5.41) is 13.1. The first-order valence-electron chi connectivity index (χ1n) is 6.30. The van der Waals surface area contributed by atoms with Crippen LogP contribution < -0.4 is 5.32 Å². The Hall–Kier alpha value is -0.330. The Bertz CT molecular complexity index is 230. The van der Waals surface area contributed by atoms with E-state index in [4.69, 9.17) is 0 Å². The lowest BCUT2D eigenvalue weighted by Crippen LogP contribution is -2.50. The van der Waals surface area contributed by atoms with Crippen molar-refractivity contribution in [2.45, 2.75) is 51.9 Å². The van der Waals surface area contributed by atoms with Crippen molar-refractivity contribution in [2.24, 2.45) is 0 Å². The maximum Gasteiger partial charge on any atom is 0.401 e. The minimum atomic E-state index is -4.23. The summed E-state index contributed by atoms with van der Waals surface area (Å²) in [5.41, 5.74) is -1.16. The van der Waals surface area contributed by atoms with Crippen LogP contribution in [0.3, 0.4) is 0 Å². The zero-order chi connectivity index (χ0) is 14.4. The highest BCUT2D eigenvalue weighted by molar-refractivity contribution is 4.81. The quantitative estimate of drug-likeness (QED) is 0.708. The summed E-state index contributed by atoms with van der Waals surface area (Å²) < 4.78 is 37.1. The first-order chi connectivity index (χ1) is 8.06. The van der Waals surface area contributed by atoms with Crippen molar-refractivity contribution in [3.8, 4) is 0 Å². The van der Waals surface area contributed by atoms with E-state index < -0.39 is 18.3 Å². The fourth-order valence-corrected chi connectivity index (χ4v) is 1.75. The molecule has 0 fully saturated rings. The molecule has 0 heterocycles. The van der Waals surface area contributed by atoms with Crippen LogP contribution in [-0.2, 0) is 0 Å². The SMILES string of the molecule is CCCN(CC(F)(F)F)CC(C)(O)CNC(C)C. The van der Waals surface area contributed by atoms with Gasteiger partial charge in [-0.2, -0.15) is 13.2 Å². The topological polar surface area (TPSA) is 35.5 Å². The lowest BCUT2D eigenvalue weighted by Gasteiger charge is -2.32. The van der Waals surface area contributed by atoms with Crippen LogP contribution in [0.5, 0.6) is 0 Å². The molecule has 0 aromatic heterocycles. The maximum absolute atomic E-state index is 12.4. The van der Waals surface area contributed by atoms with Gasteiger partial charge in [0.05, 0.1) is 12.1 Å². The standard InChI is InChI=1S/C12H25F3N2O/c1-5-6-17(9-12(13,14)15)8-11(4,18)7-16-10(2)3/h10,16,18H,5-9H2,1-4H3. The van der Waals surface area contributed by atoms with Crippen molar-refractivity contribution >= 4 is 0 Å². The Balaban J connectivity index is 4.36. The molecule has 0 aromatic rings. The van der Waals surface area contributed by atoms with Crippen LogP contribution in [0.25, 0.3) is 0 Å². The lowest BCUT2D eigenvalue weighted by molar-refractivity contribution is -0.151. The second kappa shape index (κ2) is 7.31. The predicted octanol–water partition coefficient (Wildman–Crippen LogP) is 2.01. The summed E-state index contributed by atoms with van der Waals surface area (Å²) in [5.74, 6) is 0. The molecule has 0 rings (SSSR count). The highest BCUT2D eigenvalue weighted by atomic mass is 19.4. The molecule has 6 heteroatoms. The van der Waals surface area contributed by atoms with Crippen LogP contribution in [-0.4, -0.2) is 54.0 Å². The summed E-state index contributed by atoms with van der Waals surface area (Å²) in [6.45, 7) is 6.88. The maximum atomic E-state index is 12.4. The Morgan fingerprint density at radius 2 is 1.78 bits per heavy atom. The van der Waals surface area contributed by atoms with Gasteiger partial charge in [-0.3, -0.25) is 4.90 Å². The number of hydrogen-bond donors (Lipinski definition) is 2. The van der Waals surface area contributed by atoms with Gasteiger partial charge < -0.3 is 10.4 Å². The van der Waals surface area contributed by atoms with Gasteiger partial charge in [-0.05, 0) is 19.9 Å². The molecule has 18 heavy (non-hydrogen) atoms. The van der Waals surface area contributed by atoms with Crippen molar-refractivity contribution in [1.82, 2.24) is 10.2 Å². The van der Waals surface area contributed by atoms with Crippen molar-refractivity contribution in [3.63, 3.8) is 0 Å². The van der Waals surface area contributed by atoms with E-state index in [9.17, 15) is 18.3 Å². The molecule has 0 aliphatic carbocycles. The summed E-state index contributed by atoms with van der Waals surface area (Å²) in [4.78, 5) is 1.25. The van der Waals surface area contributed by atoms with Crippen LogP contribution in [0, 0.1) is 0 Å². The molecule has 0 amide bonds. The normalized spacial score (nSPS) is 16.3. The van der Waals surface area contributed by atoms with E-state index >= 15 is 0 Å². The summed E-state index contributed by atoms with van der Waals surface area (Å²) in [7, 11) is 0. The Kier molecular flexibility index (Phi) is 7.17. The van der Waals surface area contributed by atoms with Gasteiger partial charge in [0, 0.05) is 19.1 Å². The van der Waals surface area contributed by atoms with Crippen LogP contribution >= 0.6 is 0 Å². The smallest absolute Gasteiger partial charge is 0.388 e. The molecular weight excluding hydrogens is 245 g/mol. The second-order valence-corrected chi connectivity index (χ2v) is 5.36. The molecule has 0 aromatic carbocycles. The van der Waals surface area contributed by atoms with E-state index in [1.165, 1.54) is 4.90 Å². The number of alkyl halides is 3. The molecule has 1 atom stereocenters. The third-order valence-electron chi connectivity index (χ3n) is 2.40. The van der Waals surface area contributed by atoms with Crippen molar-refractivity contribution in [3.05, 3.63) is 0 Å². The Morgan fingerprint density at radius 1 is 1.22 bits per heavy atom. The fourth-order valence-electron chi connectivity index (χ4n) is 1.75. The minimum Gasteiger partial charge on any atom is -0.388 e. The molecule has 0 saturated carbocycles. The largest absolute Gasteiger partial charge is 0.401 e. The lowest BCUT2D eigenvalue weighted by atomic mass is 10.1. The summed E-state index contributed by atoms with van der Waals surface area (Å²) in [6, 6.07) is 0.193. The van der Waals surface area contributed by atoms with E-state index in [0.717, 1.165) is 0 Å². The molecule has 2 N–H and O–H groups in total. The number of aliphatic hydroxyl groups is 1. The van der Waals surface area contributed by atoms with Gasteiger partial charge in [-0.1, -0.05) is 20.8 Å². The highest BCUT2D eigenvalue weighted by Crippen LogP contribution is 2.18. The van der Waals surface area contributed by atoms with Gasteiger partial charge in [0.1, 0.15) is 0 Å². The summed E-state index contributed by atoms with van der Waals surface area (Å²) >= 11 is 0. The average molecular weight is 270 g/mol. The van der Waals surface area contributed by atoms with E-state index in [-0.39, 0.29) is 19.1 Å². The molecule has 0 saturated heterocycles. The van der Waals surface area contributed by atoms with Crippen molar-refractivity contribution in [2.75, 3.05) is 26.2 Å². The van der Waals surface area contributed by atoms with E-state index in [1.54, 1.807) is 6.92 Å². The van der Waals surface area contributed by atoms with Gasteiger partial charge in [-0.15, -0.1) is 0 Å². The molecule has 0 bridgehead atoms. The first-order valence-corrected chi connectivity index (χ1v) is 6.30. The number of hydrogen-bond acceptors (Lipinski definition) is 3. The highest BCUT2D eigenvalue weighted by Gasteiger charge is 2.33. The molecule has 0 aliphatic rings. The average Bonchev–Trinajstić information content (AvgIpc) is 2.12. The van der Waals surface area contributed by atoms with E-state index in [2.05, 4.69) is 5.32 Å². The molecule has 0 radical (unpaired) electrons. The second-order valence-electron chi connectivity index (χ2n) is 5.36. The zero-order valence-corrected chi connectivity index (χ0v) is 11.6. The summed E-state index contributed by atoms with van der Waals surface area (Å²) in [6.07, 6.45) is -3.60. The number of rotatable bonds is 8. The van der Waals surface area contributed by atoms with Gasteiger partial charge in [0.25, 0.3) is 0 Å². The Labute approximate surface area is 107 Å². The molecule has 0 spiro atoms. The van der Waals surface area contributed by atoms with E-state index in [1.807, 2.05) is 20.8 Å². The first kappa shape index (κ1) is 17.7. The van der Waals surface area contributed by atoms with Gasteiger partial charge in [0.15, 0.2) is 0 Å². The minimum absolute atomic E-state index is 0.0140. The zero-order valence-electron chi connectivity index (χ0n) is 11.6. The van der Waals surface area contributed by atoms with Gasteiger partial charge in [-0.25, -0.2) is 0 Å². The number of nitrogens with one attached hydrogen (secondary N) is 1. The van der Waals surface area contributed by atoms with Crippen LogP contribution in [0.4, 0.5) is 13.2 Å². The fraction of sp³-hybridized carbons (Fsp3) is 1.00. The predicted molar refractivity (Wildman–Crippen MR) is 66.5 cm³/mol.